The Morgan fingerprint density at radius 1 is 0.605 bits per heavy atom. The van der Waals surface area contributed by atoms with Gasteiger partial charge >= 0.3 is 269 Å². The fourth-order valence-electron chi connectivity index (χ4n) is 5.87. The van der Waals surface area contributed by atoms with Crippen molar-refractivity contribution in [2.75, 3.05) is 4.93 Å². The third-order valence-electron chi connectivity index (χ3n) is 7.71. The molecule has 0 fully saturated rings. The summed E-state index contributed by atoms with van der Waals surface area (Å²) in [5.74, 6) is 0.949. The Hall–Kier alpha value is -3.07. The summed E-state index contributed by atoms with van der Waals surface area (Å²) >= 11 is -0.306. The van der Waals surface area contributed by atoms with Gasteiger partial charge in [-0.15, -0.1) is 0 Å². The van der Waals surface area contributed by atoms with Gasteiger partial charge in [-0.1, -0.05) is 0 Å². The van der Waals surface area contributed by atoms with Crippen LogP contribution in [0.4, 0.5) is 0 Å². The number of hydrogen-bond acceptors (Lipinski definition) is 2. The first-order valence-corrected chi connectivity index (χ1v) is 20.5. The molecule has 214 valence electrons. The predicted molar refractivity (Wildman–Crippen MR) is 180 cm³/mol. The standard InChI is InChI=1S/C38H32IO2P2/c1-39-38-40-32-24-14-26-34(42(28-16-6-2-7-17-28)29-18-8-3-9-19-29)36(32)37-33(41-38)25-15-27-35(37)43(30-20-10-4-11-21-30)31-22-12-5-13-23-31/h2-24,26-27,33,38H,25H2,1H3/q-1/t33-,38?/m1/s1. The van der Waals surface area contributed by atoms with Crippen LogP contribution >= 0.6 is 15.8 Å². The fraction of sp³-hybridized carbons (Fsp3) is 0.105. The third-order valence-corrected chi connectivity index (χ3v) is 14.3. The summed E-state index contributed by atoms with van der Waals surface area (Å²) in [7, 11) is -1.68. The van der Waals surface area contributed by atoms with Crippen molar-refractivity contribution >= 4 is 47.9 Å². The van der Waals surface area contributed by atoms with E-state index in [4.69, 9.17) is 9.47 Å². The average molecular weight is 710 g/mol. The van der Waals surface area contributed by atoms with Crippen molar-refractivity contribution in [1.29, 1.82) is 0 Å². The molecule has 0 spiro atoms. The van der Waals surface area contributed by atoms with Gasteiger partial charge in [0.05, 0.1) is 0 Å². The molecule has 2 atom stereocenters. The number of hydrogen-bond donors (Lipinski definition) is 0. The summed E-state index contributed by atoms with van der Waals surface area (Å²) < 4.78 is 13.5. The number of rotatable bonds is 7. The van der Waals surface area contributed by atoms with Gasteiger partial charge in [0.25, 0.3) is 0 Å². The summed E-state index contributed by atoms with van der Waals surface area (Å²) in [6, 6.07) is 50.6. The van der Waals surface area contributed by atoms with Crippen LogP contribution in [0.3, 0.4) is 0 Å². The number of halogens is 1. The second-order valence-electron chi connectivity index (χ2n) is 10.3. The van der Waals surface area contributed by atoms with Crippen molar-refractivity contribution in [1.82, 2.24) is 0 Å². The molecule has 5 heteroatoms. The van der Waals surface area contributed by atoms with Crippen LogP contribution in [0, 0.1) is 0 Å². The van der Waals surface area contributed by atoms with Crippen molar-refractivity contribution in [3.05, 3.63) is 163 Å². The van der Waals surface area contributed by atoms with Gasteiger partial charge in [0.15, 0.2) is 0 Å². The fourth-order valence-corrected chi connectivity index (χ4v) is 12.1. The van der Waals surface area contributed by atoms with Crippen molar-refractivity contribution in [2.45, 2.75) is 16.8 Å². The molecule has 43 heavy (non-hydrogen) atoms. The summed E-state index contributed by atoms with van der Waals surface area (Å²) in [6.07, 6.45) is 5.49. The van der Waals surface area contributed by atoms with Gasteiger partial charge < -0.3 is 0 Å². The molecule has 5 aromatic carbocycles. The van der Waals surface area contributed by atoms with Gasteiger partial charge in [-0.25, -0.2) is 0 Å². The molecule has 2 nitrogen and oxygen atoms in total. The Bertz CT molecular complexity index is 1660. The van der Waals surface area contributed by atoms with E-state index < -0.39 is 15.8 Å². The van der Waals surface area contributed by atoms with Crippen LogP contribution in [0.5, 0.6) is 5.75 Å². The van der Waals surface area contributed by atoms with E-state index in [1.54, 1.807) is 0 Å². The minimum absolute atomic E-state index is 0.0622. The number of ether oxygens (including phenoxy) is 2. The molecule has 0 aromatic heterocycles. The molecule has 1 aliphatic carbocycles. The van der Waals surface area contributed by atoms with Crippen LogP contribution in [-0.2, 0) is 4.74 Å². The van der Waals surface area contributed by atoms with E-state index in [1.807, 2.05) is 0 Å². The zero-order valence-corrected chi connectivity index (χ0v) is 27.8. The average Bonchev–Trinajstić information content (AvgIpc) is 3.24. The molecule has 0 bridgehead atoms. The van der Waals surface area contributed by atoms with Gasteiger partial charge in [0.1, 0.15) is 0 Å². The minimum atomic E-state index is -0.848. The number of benzene rings is 5. The van der Waals surface area contributed by atoms with E-state index in [-0.39, 0.29) is 31.6 Å². The van der Waals surface area contributed by atoms with Crippen LogP contribution in [-0.4, -0.2) is 15.3 Å². The molecular formula is C38H32IO2P2-. The third kappa shape index (κ3) is 5.89. The molecule has 1 aliphatic heterocycles. The Morgan fingerprint density at radius 2 is 1.12 bits per heavy atom. The van der Waals surface area contributed by atoms with E-state index in [2.05, 4.69) is 157 Å². The SMILES string of the molecule is C[I-]C1Oc2cccc(P(c3ccccc3)c3ccccc3)c2C2=C(P(c3ccccc3)c3ccccc3)C=CC[C@H]2O1. The zero-order valence-electron chi connectivity index (χ0n) is 23.9. The van der Waals surface area contributed by atoms with E-state index >= 15 is 0 Å². The maximum absolute atomic E-state index is 6.88. The van der Waals surface area contributed by atoms with Crippen LogP contribution in [0.25, 0.3) is 5.57 Å². The first-order chi connectivity index (χ1) is 21.3. The second kappa shape index (κ2) is 13.3. The Labute approximate surface area is 267 Å². The first-order valence-electron chi connectivity index (χ1n) is 14.5. The first kappa shape index (κ1) is 28.7. The molecule has 2 aliphatic rings. The predicted octanol–water partition coefficient (Wildman–Crippen LogP) is 4.03. The van der Waals surface area contributed by atoms with Gasteiger partial charge in [-0.2, -0.15) is 0 Å². The number of allylic oxidation sites excluding steroid dienone is 2. The van der Waals surface area contributed by atoms with Crippen molar-refractivity contribution in [3.63, 3.8) is 0 Å². The summed E-state index contributed by atoms with van der Waals surface area (Å²) in [5, 5.41) is 8.03. The van der Waals surface area contributed by atoms with Gasteiger partial charge in [0.2, 0.25) is 0 Å². The number of fused-ring (bicyclic) bond motifs is 3. The van der Waals surface area contributed by atoms with Gasteiger partial charge in [0, 0.05) is 0 Å². The zero-order chi connectivity index (χ0) is 29.0. The van der Waals surface area contributed by atoms with Crippen LogP contribution in [0.2, 0.25) is 0 Å². The van der Waals surface area contributed by atoms with E-state index in [0.717, 1.165) is 12.2 Å². The molecular weight excluding hydrogens is 677 g/mol. The Kier molecular flexibility index (Phi) is 8.86. The number of alkyl halides is 2. The Balaban J connectivity index is 1.54. The molecule has 0 saturated carbocycles. The molecule has 0 amide bonds. The summed E-state index contributed by atoms with van der Waals surface area (Å²) in [4.78, 5) is 2.25. The molecule has 1 unspecified atom stereocenters. The summed E-state index contributed by atoms with van der Waals surface area (Å²) in [6.45, 7) is 0. The normalized spacial score (nSPS) is 17.8. The molecule has 0 radical (unpaired) electrons. The molecule has 5 aromatic rings. The van der Waals surface area contributed by atoms with Gasteiger partial charge in [-0.05, 0) is 0 Å². The molecule has 0 saturated heterocycles. The molecule has 0 N–H and O–H groups in total. The summed E-state index contributed by atoms with van der Waals surface area (Å²) in [5.41, 5.74) is 2.52. The van der Waals surface area contributed by atoms with E-state index in [0.29, 0.717) is 0 Å². The molecule has 1 heterocycles. The maximum atomic E-state index is 6.88. The topological polar surface area (TPSA) is 18.5 Å². The van der Waals surface area contributed by atoms with E-state index in [1.165, 1.54) is 43.0 Å². The van der Waals surface area contributed by atoms with Crippen LogP contribution in [0.1, 0.15) is 12.0 Å². The van der Waals surface area contributed by atoms with Gasteiger partial charge in [-0.3, -0.25) is 0 Å². The van der Waals surface area contributed by atoms with E-state index in [9.17, 15) is 0 Å². The Morgan fingerprint density at radius 3 is 1.63 bits per heavy atom. The van der Waals surface area contributed by atoms with Crippen LogP contribution in [0.15, 0.2) is 157 Å². The van der Waals surface area contributed by atoms with Crippen molar-refractivity contribution < 1.29 is 30.7 Å². The molecule has 7 rings (SSSR count). The van der Waals surface area contributed by atoms with Crippen molar-refractivity contribution in [2.24, 2.45) is 0 Å². The second-order valence-corrected chi connectivity index (χ2v) is 17.0. The van der Waals surface area contributed by atoms with Crippen molar-refractivity contribution in [3.8, 4) is 5.75 Å². The monoisotopic (exact) mass is 709 g/mol. The van der Waals surface area contributed by atoms with Crippen LogP contribution < -0.4 is 52.5 Å². The quantitative estimate of drug-likeness (QED) is 0.145.